The number of aldehydes is 1. The van der Waals surface area contributed by atoms with Gasteiger partial charge in [0.2, 0.25) is 5.95 Å². The molecule has 1 aliphatic rings. The normalized spacial score (nSPS) is 19.2. The number of benzene rings is 1. The molecule has 1 aliphatic heterocycles. The maximum Gasteiger partial charge on any atom is 0.420 e. The predicted octanol–water partition coefficient (Wildman–Crippen LogP) is 4.92. The largest absolute Gasteiger partial charge is 0.420 e. The molecule has 0 spiro atoms. The average Bonchev–Trinajstić information content (AvgIpc) is 3.29. The summed E-state index contributed by atoms with van der Waals surface area (Å²) in [5, 5.41) is 3.06. The number of hydrogen-bond donors (Lipinski definition) is 1. The van der Waals surface area contributed by atoms with Gasteiger partial charge in [-0.2, -0.15) is 13.2 Å². The van der Waals surface area contributed by atoms with E-state index >= 15 is 0 Å². The van der Waals surface area contributed by atoms with E-state index in [0.717, 1.165) is 0 Å². The lowest BCUT2D eigenvalue weighted by molar-refractivity contribution is -0.137. The fourth-order valence-corrected chi connectivity index (χ4v) is 4.47. The van der Waals surface area contributed by atoms with Gasteiger partial charge in [-0.05, 0) is 30.9 Å². The van der Waals surface area contributed by atoms with E-state index < -0.39 is 29.6 Å². The Labute approximate surface area is 201 Å². The Kier molecular flexibility index (Phi) is 7.10. The van der Waals surface area contributed by atoms with Gasteiger partial charge in [-0.1, -0.05) is 23.5 Å². The van der Waals surface area contributed by atoms with E-state index in [9.17, 15) is 22.4 Å². The average molecular weight is 515 g/mol. The van der Waals surface area contributed by atoms with Crippen molar-refractivity contribution in [3.8, 4) is 17.1 Å². The van der Waals surface area contributed by atoms with E-state index in [1.54, 1.807) is 6.07 Å². The van der Waals surface area contributed by atoms with Crippen molar-refractivity contribution >= 4 is 35.8 Å². The van der Waals surface area contributed by atoms with Crippen molar-refractivity contribution in [3.63, 3.8) is 0 Å². The number of imidazole rings is 1. The third kappa shape index (κ3) is 5.18. The molecule has 2 unspecified atom stereocenters. The van der Waals surface area contributed by atoms with Crippen LogP contribution in [-0.2, 0) is 6.18 Å². The van der Waals surface area contributed by atoms with Crippen LogP contribution in [0.25, 0.3) is 17.1 Å². The monoisotopic (exact) mass is 514 g/mol. The smallest absolute Gasteiger partial charge is 0.348 e. The van der Waals surface area contributed by atoms with Crippen LogP contribution in [0.2, 0.25) is 5.02 Å². The highest BCUT2D eigenvalue weighted by Gasteiger charge is 2.37. The van der Waals surface area contributed by atoms with Crippen LogP contribution < -0.4 is 5.32 Å². The van der Waals surface area contributed by atoms with Crippen LogP contribution in [0.3, 0.4) is 0 Å². The zero-order chi connectivity index (χ0) is 24.5. The first-order chi connectivity index (χ1) is 16.2. The third-order valence-electron chi connectivity index (χ3n) is 5.38. The molecular formula is C21H19ClF4N6OS. The van der Waals surface area contributed by atoms with Gasteiger partial charge in [-0.15, -0.1) is 0 Å². The standard InChI is InChI=1S/C21H19ClF4N6OS/c1-34-32-5-4-16(15(23)8-32)29-20-27-7-13(21(24,25)26)19(30-20)17-9-31(11-28-17)18-3-2-12(10-33)6-14(18)22/h2-3,6-7,9-11,15-16H,4-5,8H2,1H3,(H,27,29,30). The van der Waals surface area contributed by atoms with Gasteiger partial charge in [-0.3, -0.25) is 4.79 Å². The van der Waals surface area contributed by atoms with Crippen LogP contribution in [0.15, 0.2) is 36.9 Å². The van der Waals surface area contributed by atoms with Crippen molar-refractivity contribution in [3.05, 3.63) is 53.1 Å². The van der Waals surface area contributed by atoms with Crippen molar-refractivity contribution in [2.75, 3.05) is 24.7 Å². The van der Waals surface area contributed by atoms with Crippen molar-refractivity contribution in [2.45, 2.75) is 24.8 Å². The summed E-state index contributed by atoms with van der Waals surface area (Å²) in [6.45, 7) is 0.821. The third-order valence-corrected chi connectivity index (χ3v) is 6.53. The van der Waals surface area contributed by atoms with Crippen LogP contribution in [0.5, 0.6) is 0 Å². The minimum Gasteiger partial charge on any atom is -0.348 e. The lowest BCUT2D eigenvalue weighted by Gasteiger charge is -2.33. The van der Waals surface area contributed by atoms with E-state index in [1.165, 1.54) is 41.2 Å². The molecule has 2 atom stereocenters. The second-order valence-electron chi connectivity index (χ2n) is 7.57. The summed E-state index contributed by atoms with van der Waals surface area (Å²) in [6, 6.07) is 3.89. The van der Waals surface area contributed by atoms with E-state index in [2.05, 4.69) is 20.3 Å². The SMILES string of the molecule is CSN1CCC(Nc2ncc(C(F)(F)F)c(-c3cn(-c4ccc(C=O)cc4Cl)cn3)n2)C(F)C1. The molecule has 180 valence electrons. The molecule has 7 nitrogen and oxygen atoms in total. The first kappa shape index (κ1) is 24.4. The number of alkyl halides is 4. The first-order valence-electron chi connectivity index (χ1n) is 10.1. The molecule has 0 bridgehead atoms. The molecule has 1 fully saturated rings. The summed E-state index contributed by atoms with van der Waals surface area (Å²) < 4.78 is 58.9. The van der Waals surface area contributed by atoms with Crippen molar-refractivity contribution < 1.29 is 22.4 Å². The molecule has 1 N–H and O–H groups in total. The van der Waals surface area contributed by atoms with Gasteiger partial charge in [0.05, 0.1) is 16.8 Å². The zero-order valence-electron chi connectivity index (χ0n) is 17.8. The quantitative estimate of drug-likeness (QED) is 0.284. The highest BCUT2D eigenvalue weighted by atomic mass is 35.5. The molecule has 13 heteroatoms. The lowest BCUT2D eigenvalue weighted by Crippen LogP contribution is -2.45. The fraction of sp³-hybridized carbons (Fsp3) is 0.333. The summed E-state index contributed by atoms with van der Waals surface area (Å²) in [7, 11) is 0. The van der Waals surface area contributed by atoms with Gasteiger partial charge >= 0.3 is 6.18 Å². The molecule has 0 radical (unpaired) electrons. The fourth-order valence-electron chi connectivity index (χ4n) is 3.61. The second-order valence-corrected chi connectivity index (χ2v) is 8.86. The van der Waals surface area contributed by atoms with Crippen LogP contribution >= 0.6 is 23.5 Å². The molecule has 4 rings (SSSR count). The molecule has 0 amide bonds. The van der Waals surface area contributed by atoms with Gasteiger partial charge in [0.15, 0.2) is 0 Å². The van der Waals surface area contributed by atoms with Crippen molar-refractivity contribution in [1.82, 2.24) is 23.8 Å². The number of aromatic nitrogens is 4. The summed E-state index contributed by atoms with van der Waals surface area (Å²) in [6.07, 6.45) is 0.284. The second kappa shape index (κ2) is 9.88. The van der Waals surface area contributed by atoms with Gasteiger partial charge in [0.25, 0.3) is 0 Å². The summed E-state index contributed by atoms with van der Waals surface area (Å²) in [5.74, 6) is -0.115. The first-order valence-corrected chi connectivity index (χ1v) is 11.7. The van der Waals surface area contributed by atoms with Crippen LogP contribution in [-0.4, -0.2) is 61.7 Å². The summed E-state index contributed by atoms with van der Waals surface area (Å²) >= 11 is 7.64. The molecule has 3 heterocycles. The number of rotatable bonds is 6. The molecule has 0 saturated carbocycles. The minimum absolute atomic E-state index is 0.0673. The lowest BCUT2D eigenvalue weighted by atomic mass is 10.1. The van der Waals surface area contributed by atoms with Gasteiger partial charge in [0, 0.05) is 31.0 Å². The van der Waals surface area contributed by atoms with Crippen molar-refractivity contribution in [1.29, 1.82) is 0 Å². The van der Waals surface area contributed by atoms with Crippen molar-refractivity contribution in [2.24, 2.45) is 0 Å². The maximum atomic E-state index is 14.5. The number of hydrogen-bond acceptors (Lipinski definition) is 7. The Morgan fingerprint density at radius 3 is 2.74 bits per heavy atom. The molecule has 0 aliphatic carbocycles. The van der Waals surface area contributed by atoms with E-state index in [-0.39, 0.29) is 23.2 Å². The van der Waals surface area contributed by atoms with E-state index in [1.807, 2.05) is 10.6 Å². The number of nitrogens with zero attached hydrogens (tertiary/aromatic N) is 5. The van der Waals surface area contributed by atoms with Gasteiger partial charge in [-0.25, -0.2) is 23.6 Å². The predicted molar refractivity (Wildman–Crippen MR) is 122 cm³/mol. The number of piperidine rings is 1. The Hall–Kier alpha value is -2.70. The number of nitrogens with one attached hydrogen (secondary N) is 1. The van der Waals surface area contributed by atoms with Gasteiger partial charge < -0.3 is 9.88 Å². The number of carbonyl (C=O) groups is 1. The van der Waals surface area contributed by atoms with Crippen LogP contribution in [0, 0.1) is 0 Å². The number of carbonyl (C=O) groups excluding carboxylic acids is 1. The molecule has 3 aromatic rings. The summed E-state index contributed by atoms with van der Waals surface area (Å²) in [4.78, 5) is 22.8. The van der Waals surface area contributed by atoms with E-state index in [0.29, 0.717) is 36.7 Å². The Morgan fingerprint density at radius 2 is 2.09 bits per heavy atom. The number of anilines is 1. The highest BCUT2D eigenvalue weighted by molar-refractivity contribution is 7.96. The Morgan fingerprint density at radius 1 is 1.29 bits per heavy atom. The van der Waals surface area contributed by atoms with Crippen LogP contribution in [0.4, 0.5) is 23.5 Å². The highest BCUT2D eigenvalue weighted by Crippen LogP contribution is 2.36. The van der Waals surface area contributed by atoms with E-state index in [4.69, 9.17) is 11.6 Å². The van der Waals surface area contributed by atoms with Crippen LogP contribution in [0.1, 0.15) is 22.3 Å². The van der Waals surface area contributed by atoms with Gasteiger partial charge in [0.1, 0.15) is 35.7 Å². The molecule has 1 saturated heterocycles. The zero-order valence-corrected chi connectivity index (χ0v) is 19.3. The minimum atomic E-state index is -4.73. The topological polar surface area (TPSA) is 75.9 Å². The molecule has 34 heavy (non-hydrogen) atoms. The summed E-state index contributed by atoms with van der Waals surface area (Å²) in [5.41, 5.74) is -0.800. The maximum absolute atomic E-state index is 14.5. The molecular weight excluding hydrogens is 496 g/mol. The molecule has 2 aromatic heterocycles. The molecule has 1 aromatic carbocycles. The number of halogens is 5. The Balaban J connectivity index is 1.66. The Bertz CT molecular complexity index is 1190.